The molecule has 0 aliphatic carbocycles. The van der Waals surface area contributed by atoms with Crippen LogP contribution in [0.15, 0.2) is 30.6 Å². The molecule has 1 N–H and O–H groups in total. The quantitative estimate of drug-likeness (QED) is 0.756. The smallest absolute Gasteiger partial charge is 0.306 e. The average molecular weight is 394 g/mol. The largest absolute Gasteiger partial charge is 0.469 e. The van der Waals surface area contributed by atoms with E-state index in [9.17, 15) is 9.18 Å². The van der Waals surface area contributed by atoms with Gasteiger partial charge in [0.2, 0.25) is 0 Å². The van der Waals surface area contributed by atoms with Gasteiger partial charge in [-0.25, -0.2) is 14.4 Å². The van der Waals surface area contributed by atoms with E-state index >= 15 is 0 Å². The first-order valence-corrected chi connectivity index (χ1v) is 9.01. The lowest BCUT2D eigenvalue weighted by Crippen LogP contribution is -2.47. The number of carbonyl (C=O) groups is 1. The lowest BCUT2D eigenvalue weighted by atomic mass is 10.2. The number of nitrogens with one attached hydrogen (secondary N) is 1. The molecule has 2 heterocycles. The molecule has 0 amide bonds. The maximum atomic E-state index is 13.3. The van der Waals surface area contributed by atoms with E-state index in [1.807, 2.05) is 6.07 Å². The van der Waals surface area contributed by atoms with Crippen molar-refractivity contribution in [2.24, 2.45) is 0 Å². The fraction of sp³-hybridized carbons (Fsp3) is 0.389. The Balaban J connectivity index is 1.58. The Labute approximate surface area is 162 Å². The van der Waals surface area contributed by atoms with Crippen LogP contribution in [-0.4, -0.2) is 60.7 Å². The highest BCUT2D eigenvalue weighted by Gasteiger charge is 2.19. The summed E-state index contributed by atoms with van der Waals surface area (Å²) < 4.78 is 18.0. The van der Waals surface area contributed by atoms with Gasteiger partial charge in [-0.15, -0.1) is 0 Å². The summed E-state index contributed by atoms with van der Waals surface area (Å²) >= 11 is 5.81. The van der Waals surface area contributed by atoms with E-state index in [2.05, 4.69) is 29.8 Å². The number of methoxy groups -OCH3 is 1. The SMILES string of the molecule is COC(=O)CCN1CCN(c2cc(Nc3ccc(F)c(Cl)c3)ncn2)CC1. The fourth-order valence-electron chi connectivity index (χ4n) is 2.86. The third-order valence-corrected chi connectivity index (χ3v) is 4.69. The van der Waals surface area contributed by atoms with Crippen molar-refractivity contribution in [2.45, 2.75) is 6.42 Å². The number of piperazine rings is 1. The minimum Gasteiger partial charge on any atom is -0.469 e. The van der Waals surface area contributed by atoms with E-state index < -0.39 is 5.82 Å². The first-order valence-electron chi connectivity index (χ1n) is 8.63. The molecule has 1 fully saturated rings. The van der Waals surface area contributed by atoms with Crippen molar-refractivity contribution in [3.63, 3.8) is 0 Å². The number of ether oxygens (including phenoxy) is 1. The molecule has 0 saturated carbocycles. The van der Waals surface area contributed by atoms with Gasteiger partial charge < -0.3 is 15.0 Å². The zero-order valence-corrected chi connectivity index (χ0v) is 15.7. The van der Waals surface area contributed by atoms with Crippen LogP contribution in [0, 0.1) is 5.82 Å². The fourth-order valence-corrected chi connectivity index (χ4v) is 3.04. The second-order valence-corrected chi connectivity index (χ2v) is 6.58. The topological polar surface area (TPSA) is 70.6 Å². The summed E-state index contributed by atoms with van der Waals surface area (Å²) in [5.74, 6) is 0.768. The number of esters is 1. The molecule has 0 unspecified atom stereocenters. The summed E-state index contributed by atoms with van der Waals surface area (Å²) in [5.41, 5.74) is 0.652. The van der Waals surface area contributed by atoms with Crippen LogP contribution < -0.4 is 10.2 Å². The molecule has 1 aliphatic heterocycles. The first-order chi connectivity index (χ1) is 13.0. The molecule has 2 aromatic rings. The molecule has 0 bridgehead atoms. The molecule has 1 aromatic heterocycles. The van der Waals surface area contributed by atoms with Gasteiger partial charge in [0.15, 0.2) is 0 Å². The molecule has 1 saturated heterocycles. The molecule has 3 rings (SSSR count). The Morgan fingerprint density at radius 1 is 1.26 bits per heavy atom. The van der Waals surface area contributed by atoms with Crippen LogP contribution in [0.1, 0.15) is 6.42 Å². The van der Waals surface area contributed by atoms with Gasteiger partial charge >= 0.3 is 5.97 Å². The number of hydrogen-bond donors (Lipinski definition) is 1. The molecule has 9 heteroatoms. The molecule has 1 aliphatic rings. The minimum atomic E-state index is -0.462. The number of halogens is 2. The van der Waals surface area contributed by atoms with Gasteiger partial charge in [0.05, 0.1) is 18.6 Å². The highest BCUT2D eigenvalue weighted by atomic mass is 35.5. The van der Waals surface area contributed by atoms with Gasteiger partial charge in [-0.1, -0.05) is 11.6 Å². The maximum Gasteiger partial charge on any atom is 0.306 e. The zero-order chi connectivity index (χ0) is 19.2. The Morgan fingerprint density at radius 3 is 2.74 bits per heavy atom. The van der Waals surface area contributed by atoms with E-state index in [1.54, 1.807) is 6.07 Å². The lowest BCUT2D eigenvalue weighted by molar-refractivity contribution is -0.141. The number of aromatic nitrogens is 2. The summed E-state index contributed by atoms with van der Waals surface area (Å²) in [6, 6.07) is 6.27. The van der Waals surface area contributed by atoms with Crippen LogP contribution in [0.5, 0.6) is 0 Å². The highest BCUT2D eigenvalue weighted by molar-refractivity contribution is 6.31. The van der Waals surface area contributed by atoms with Crippen LogP contribution in [0.25, 0.3) is 0 Å². The third-order valence-electron chi connectivity index (χ3n) is 4.40. The van der Waals surface area contributed by atoms with Crippen molar-refractivity contribution in [3.8, 4) is 0 Å². The Hall–Kier alpha value is -2.45. The van der Waals surface area contributed by atoms with E-state index in [4.69, 9.17) is 11.6 Å². The normalized spacial score (nSPS) is 14.9. The van der Waals surface area contributed by atoms with E-state index in [1.165, 1.54) is 25.6 Å². The molecule has 27 heavy (non-hydrogen) atoms. The lowest BCUT2D eigenvalue weighted by Gasteiger charge is -2.35. The molecule has 7 nitrogen and oxygen atoms in total. The van der Waals surface area contributed by atoms with Gasteiger partial charge in [0.1, 0.15) is 23.8 Å². The zero-order valence-electron chi connectivity index (χ0n) is 15.0. The summed E-state index contributed by atoms with van der Waals surface area (Å²) in [6.45, 7) is 4.00. The van der Waals surface area contributed by atoms with Crippen molar-refractivity contribution in [1.82, 2.24) is 14.9 Å². The van der Waals surface area contributed by atoms with Crippen molar-refractivity contribution in [3.05, 3.63) is 41.4 Å². The van der Waals surface area contributed by atoms with Crippen LogP contribution in [-0.2, 0) is 9.53 Å². The second-order valence-electron chi connectivity index (χ2n) is 6.17. The van der Waals surface area contributed by atoms with E-state index in [-0.39, 0.29) is 11.0 Å². The standard InChI is InChI=1S/C18H21ClFN5O2/c1-27-18(26)4-5-24-6-8-25(9-7-24)17-11-16(21-12-22-17)23-13-2-3-15(20)14(19)10-13/h2-3,10-12H,4-9H2,1H3,(H,21,22,23). The Kier molecular flexibility index (Phi) is 6.41. The molecule has 1 aromatic carbocycles. The van der Waals surface area contributed by atoms with Gasteiger partial charge in [0.25, 0.3) is 0 Å². The number of anilines is 3. The third kappa shape index (κ3) is 5.27. The number of rotatable bonds is 6. The summed E-state index contributed by atoms with van der Waals surface area (Å²) in [7, 11) is 1.40. The van der Waals surface area contributed by atoms with Crippen molar-refractivity contribution in [2.75, 3.05) is 50.1 Å². The number of benzene rings is 1. The Morgan fingerprint density at radius 2 is 2.04 bits per heavy atom. The van der Waals surface area contributed by atoms with Gasteiger partial charge in [-0.2, -0.15) is 0 Å². The molecule has 0 spiro atoms. The van der Waals surface area contributed by atoms with Gasteiger partial charge in [-0.3, -0.25) is 9.69 Å². The summed E-state index contributed by atoms with van der Waals surface area (Å²) in [4.78, 5) is 24.2. The summed E-state index contributed by atoms with van der Waals surface area (Å²) in [6.07, 6.45) is 1.89. The summed E-state index contributed by atoms with van der Waals surface area (Å²) in [5, 5.41) is 3.16. The van der Waals surface area contributed by atoms with Crippen molar-refractivity contribution >= 4 is 34.9 Å². The van der Waals surface area contributed by atoms with Crippen molar-refractivity contribution in [1.29, 1.82) is 0 Å². The minimum absolute atomic E-state index is 0.0531. The molecule has 0 atom stereocenters. The number of nitrogens with zero attached hydrogens (tertiary/aromatic N) is 4. The van der Waals surface area contributed by atoms with Crippen molar-refractivity contribution < 1.29 is 13.9 Å². The predicted molar refractivity (Wildman–Crippen MR) is 102 cm³/mol. The van der Waals surface area contributed by atoms with Crippen LogP contribution >= 0.6 is 11.6 Å². The molecular formula is C18H21ClFN5O2. The Bertz CT molecular complexity index is 799. The van der Waals surface area contributed by atoms with Crippen LogP contribution in [0.4, 0.5) is 21.7 Å². The first kappa shape index (κ1) is 19.3. The van der Waals surface area contributed by atoms with E-state index in [0.717, 1.165) is 32.0 Å². The van der Waals surface area contributed by atoms with Crippen LogP contribution in [0.3, 0.4) is 0 Å². The van der Waals surface area contributed by atoms with Gasteiger partial charge in [-0.05, 0) is 18.2 Å². The predicted octanol–water partition coefficient (Wildman–Crippen LogP) is 2.70. The maximum absolute atomic E-state index is 13.3. The monoisotopic (exact) mass is 393 g/mol. The van der Waals surface area contributed by atoms with Crippen LogP contribution in [0.2, 0.25) is 5.02 Å². The average Bonchev–Trinajstić information content (AvgIpc) is 2.69. The van der Waals surface area contributed by atoms with Gasteiger partial charge in [0, 0.05) is 44.5 Å². The molecule has 0 radical (unpaired) electrons. The number of hydrogen-bond acceptors (Lipinski definition) is 7. The highest BCUT2D eigenvalue weighted by Crippen LogP contribution is 2.23. The second kappa shape index (κ2) is 8.96. The van der Waals surface area contributed by atoms with E-state index in [0.29, 0.717) is 24.5 Å². The molecule has 144 valence electrons. The number of carbonyl (C=O) groups excluding carboxylic acids is 1. The molecular weight excluding hydrogens is 373 g/mol.